The highest BCUT2D eigenvalue weighted by Gasteiger charge is 2.24. The van der Waals surface area contributed by atoms with Crippen molar-refractivity contribution >= 4 is 11.8 Å². The fourth-order valence-electron chi connectivity index (χ4n) is 1.54. The van der Waals surface area contributed by atoms with Crippen molar-refractivity contribution in [1.29, 1.82) is 0 Å². The van der Waals surface area contributed by atoms with Crippen LogP contribution in [0.15, 0.2) is 0 Å². The zero-order valence-electron chi connectivity index (χ0n) is 11.2. The number of rotatable bonds is 0. The summed E-state index contributed by atoms with van der Waals surface area (Å²) in [4.78, 5) is 22.1. The number of likely N-dealkylation sites (tertiary alicyclic amines) is 1. The molecule has 0 spiro atoms. The number of halogens is 4. The quantitative estimate of drug-likeness (QED) is 0.419. The van der Waals surface area contributed by atoms with Gasteiger partial charge in [-0.3, -0.25) is 14.5 Å². The molecule has 1 aromatic rings. The molecule has 1 fully saturated rings. The molecule has 0 radical (unpaired) electrons. The fraction of sp³-hybridized carbons (Fsp3) is 0.429. The Bertz CT molecular complexity index is 452. The number of hydrogen-bond donors (Lipinski definition) is 0. The minimum Gasteiger partial charge on any atom is -0.286 e. The zero-order chi connectivity index (χ0) is 15.6. The van der Waals surface area contributed by atoms with Gasteiger partial charge in [-0.2, -0.15) is 0 Å². The van der Waals surface area contributed by atoms with E-state index in [1.165, 1.54) is 11.9 Å². The van der Waals surface area contributed by atoms with Gasteiger partial charge in [0.25, 0.3) is 0 Å². The third kappa shape index (κ3) is 3.80. The summed E-state index contributed by atoms with van der Waals surface area (Å²) in [5.41, 5.74) is -1.26. The minimum atomic E-state index is -1.33. The first-order valence-electron chi connectivity index (χ1n) is 5.77. The molecule has 1 heterocycles. The molecule has 2 amide bonds. The number of amides is 2. The Morgan fingerprint density at radius 1 is 0.762 bits per heavy atom. The Labute approximate surface area is 120 Å². The molecule has 0 saturated carbocycles. The zero-order valence-corrected chi connectivity index (χ0v) is 11.2. The molecule has 1 aromatic carbocycles. The number of carbonyl (C=O) groups excluding carboxylic acids is 2. The Hall–Kier alpha value is -1.92. The smallest absolute Gasteiger partial charge is 0.229 e. The van der Waals surface area contributed by atoms with Gasteiger partial charge in [0.1, 0.15) is 0 Å². The lowest BCUT2D eigenvalue weighted by molar-refractivity contribution is -0.136. The van der Waals surface area contributed by atoms with Crippen LogP contribution in [-0.2, 0) is 9.59 Å². The van der Waals surface area contributed by atoms with Gasteiger partial charge in [-0.1, -0.05) is 7.43 Å². The molecule has 2 rings (SSSR count). The van der Waals surface area contributed by atoms with E-state index in [1.807, 2.05) is 0 Å². The van der Waals surface area contributed by atoms with Crippen LogP contribution in [0, 0.1) is 37.1 Å². The van der Waals surface area contributed by atoms with Crippen molar-refractivity contribution in [3.8, 4) is 0 Å². The molecule has 0 aromatic heterocycles. The van der Waals surface area contributed by atoms with E-state index in [4.69, 9.17) is 0 Å². The van der Waals surface area contributed by atoms with Gasteiger partial charge in [-0.25, -0.2) is 17.6 Å². The SMILES string of the molecule is C.CN1C(=O)CCC1=O.Cc1c(F)c(F)c(C)c(F)c1F. The average Bonchev–Trinajstić information content (AvgIpc) is 2.73. The van der Waals surface area contributed by atoms with E-state index in [-0.39, 0.29) is 19.2 Å². The summed E-state index contributed by atoms with van der Waals surface area (Å²) < 4.78 is 50.6. The Morgan fingerprint density at radius 2 is 1.00 bits per heavy atom. The van der Waals surface area contributed by atoms with Gasteiger partial charge in [0.15, 0.2) is 23.3 Å². The van der Waals surface area contributed by atoms with Crippen LogP contribution in [0.2, 0.25) is 0 Å². The van der Waals surface area contributed by atoms with E-state index in [0.29, 0.717) is 12.8 Å². The second kappa shape index (κ2) is 7.19. The average molecular weight is 307 g/mol. The number of imide groups is 1. The van der Waals surface area contributed by atoms with Gasteiger partial charge in [0.2, 0.25) is 11.8 Å². The van der Waals surface area contributed by atoms with Gasteiger partial charge >= 0.3 is 0 Å². The summed E-state index contributed by atoms with van der Waals surface area (Å²) >= 11 is 0. The second-order valence-corrected chi connectivity index (χ2v) is 4.35. The molecule has 21 heavy (non-hydrogen) atoms. The number of hydrogen-bond acceptors (Lipinski definition) is 2. The van der Waals surface area contributed by atoms with Crippen LogP contribution in [-0.4, -0.2) is 23.8 Å². The van der Waals surface area contributed by atoms with Gasteiger partial charge in [0.05, 0.1) is 0 Å². The largest absolute Gasteiger partial charge is 0.286 e. The van der Waals surface area contributed by atoms with Crippen LogP contribution in [0.5, 0.6) is 0 Å². The lowest BCUT2D eigenvalue weighted by Gasteiger charge is -2.04. The van der Waals surface area contributed by atoms with Crippen LogP contribution >= 0.6 is 0 Å². The van der Waals surface area contributed by atoms with Crippen LogP contribution < -0.4 is 0 Å². The third-order valence-corrected chi connectivity index (χ3v) is 3.00. The topological polar surface area (TPSA) is 37.4 Å². The summed E-state index contributed by atoms with van der Waals surface area (Å²) in [6.07, 6.45) is 0.796. The molecule has 0 bridgehead atoms. The molecule has 7 heteroatoms. The highest BCUT2D eigenvalue weighted by atomic mass is 19.2. The normalized spacial score (nSPS) is 13.8. The molecule has 0 N–H and O–H groups in total. The maximum atomic E-state index is 12.7. The van der Waals surface area contributed by atoms with Crippen molar-refractivity contribution in [3.05, 3.63) is 34.4 Å². The fourth-order valence-corrected chi connectivity index (χ4v) is 1.54. The van der Waals surface area contributed by atoms with Crippen LogP contribution in [0.4, 0.5) is 17.6 Å². The molecule has 1 aliphatic heterocycles. The van der Waals surface area contributed by atoms with E-state index in [2.05, 4.69) is 0 Å². The van der Waals surface area contributed by atoms with Gasteiger partial charge in [0, 0.05) is 31.0 Å². The highest BCUT2D eigenvalue weighted by molar-refractivity contribution is 6.01. The van der Waals surface area contributed by atoms with E-state index in [1.54, 1.807) is 0 Å². The van der Waals surface area contributed by atoms with Crippen LogP contribution in [0.1, 0.15) is 31.4 Å². The maximum Gasteiger partial charge on any atom is 0.229 e. The summed E-state index contributed by atoms with van der Waals surface area (Å²) in [6.45, 7) is 1.96. The first kappa shape index (κ1) is 19.1. The maximum absolute atomic E-state index is 12.7. The first-order chi connectivity index (χ1) is 9.18. The second-order valence-electron chi connectivity index (χ2n) is 4.35. The molecular formula is C14H17F4NO2. The summed E-state index contributed by atoms with van der Waals surface area (Å²) in [5.74, 6) is -5.43. The predicted molar refractivity (Wildman–Crippen MR) is 69.5 cm³/mol. The Balaban J connectivity index is 0.000000390. The Morgan fingerprint density at radius 3 is 1.14 bits per heavy atom. The van der Waals surface area contributed by atoms with Crippen molar-refractivity contribution in [2.24, 2.45) is 0 Å². The molecular weight excluding hydrogens is 290 g/mol. The van der Waals surface area contributed by atoms with Crippen LogP contribution in [0.25, 0.3) is 0 Å². The predicted octanol–water partition coefficient (Wildman–Crippen LogP) is 3.26. The molecule has 1 aliphatic rings. The Kier molecular flexibility index (Phi) is 6.53. The number of nitrogens with zero attached hydrogens (tertiary/aromatic N) is 1. The standard InChI is InChI=1S/C8H6F4.C5H7NO2.CH4/c1-3-5(9)7(11)4(2)8(12)6(3)10;1-6-4(7)2-3-5(6)8;/h1-2H3;2-3H2,1H3;1H4. The molecule has 0 aliphatic carbocycles. The van der Waals surface area contributed by atoms with Gasteiger partial charge < -0.3 is 0 Å². The summed E-state index contributed by atoms with van der Waals surface area (Å²) in [5, 5.41) is 0. The lowest BCUT2D eigenvalue weighted by atomic mass is 10.1. The van der Waals surface area contributed by atoms with Gasteiger partial charge in [-0.15, -0.1) is 0 Å². The third-order valence-electron chi connectivity index (χ3n) is 3.00. The highest BCUT2D eigenvalue weighted by Crippen LogP contribution is 2.22. The minimum absolute atomic E-state index is 0. The molecule has 1 saturated heterocycles. The first-order valence-corrected chi connectivity index (χ1v) is 5.77. The number of benzene rings is 1. The lowest BCUT2D eigenvalue weighted by Crippen LogP contribution is -2.23. The molecule has 3 nitrogen and oxygen atoms in total. The van der Waals surface area contributed by atoms with Gasteiger partial charge in [-0.05, 0) is 13.8 Å². The molecule has 0 atom stereocenters. The summed E-state index contributed by atoms with van der Waals surface area (Å²) in [6, 6.07) is 0. The van der Waals surface area contributed by atoms with Crippen molar-refractivity contribution < 1.29 is 27.2 Å². The van der Waals surface area contributed by atoms with E-state index in [0.717, 1.165) is 13.8 Å². The van der Waals surface area contributed by atoms with Crippen molar-refractivity contribution in [2.75, 3.05) is 7.05 Å². The van der Waals surface area contributed by atoms with Crippen LogP contribution in [0.3, 0.4) is 0 Å². The van der Waals surface area contributed by atoms with Crippen molar-refractivity contribution in [1.82, 2.24) is 4.90 Å². The van der Waals surface area contributed by atoms with E-state index < -0.39 is 34.4 Å². The molecule has 118 valence electrons. The van der Waals surface area contributed by atoms with E-state index in [9.17, 15) is 27.2 Å². The molecule has 0 unspecified atom stereocenters. The summed E-state index contributed by atoms with van der Waals surface area (Å²) in [7, 11) is 1.51. The van der Waals surface area contributed by atoms with Crippen molar-refractivity contribution in [3.63, 3.8) is 0 Å². The number of carbonyl (C=O) groups is 2. The van der Waals surface area contributed by atoms with Crippen molar-refractivity contribution in [2.45, 2.75) is 34.1 Å². The monoisotopic (exact) mass is 307 g/mol. The van der Waals surface area contributed by atoms with E-state index >= 15 is 0 Å².